The molecule has 134 valence electrons. The van der Waals surface area contributed by atoms with Gasteiger partial charge >= 0.3 is 5.91 Å². The van der Waals surface area contributed by atoms with Crippen molar-refractivity contribution in [1.29, 1.82) is 0 Å². The van der Waals surface area contributed by atoms with Crippen molar-refractivity contribution in [3.05, 3.63) is 41.4 Å². The number of nitrogens with zero attached hydrogens (tertiary/aromatic N) is 1. The van der Waals surface area contributed by atoms with Gasteiger partial charge in [0.2, 0.25) is 5.91 Å². The fourth-order valence-corrected chi connectivity index (χ4v) is 2.35. The number of nitrogens with one attached hydrogen (secondary N) is 2. The molecule has 0 saturated carbocycles. The first kappa shape index (κ1) is 19.0. The van der Waals surface area contributed by atoms with Crippen LogP contribution in [-0.4, -0.2) is 28.6 Å². The molecule has 0 spiro atoms. The molecule has 25 heavy (non-hydrogen) atoms. The summed E-state index contributed by atoms with van der Waals surface area (Å²) in [4.78, 5) is 26.8. The molecular formula is C17H20ClN3O4. The molecule has 2 aromatic rings. The fraction of sp³-hybridized carbons (Fsp3) is 0.353. The second-order valence-electron chi connectivity index (χ2n) is 5.49. The molecule has 0 saturated heterocycles. The van der Waals surface area contributed by atoms with E-state index >= 15 is 0 Å². The van der Waals surface area contributed by atoms with Crippen LogP contribution in [0.2, 0.25) is 5.02 Å². The lowest BCUT2D eigenvalue weighted by Gasteiger charge is -2.03. The first-order valence-corrected chi connectivity index (χ1v) is 8.41. The summed E-state index contributed by atoms with van der Waals surface area (Å²) in [7, 11) is 0. The second-order valence-corrected chi connectivity index (χ2v) is 5.93. The maximum Gasteiger partial charge on any atom is 0.307 e. The van der Waals surface area contributed by atoms with Crippen molar-refractivity contribution in [1.82, 2.24) is 15.8 Å². The van der Waals surface area contributed by atoms with Gasteiger partial charge in [0.25, 0.3) is 5.89 Å². The molecule has 0 radical (unpaired) electrons. The Labute approximate surface area is 150 Å². The van der Waals surface area contributed by atoms with E-state index in [0.717, 1.165) is 24.8 Å². The van der Waals surface area contributed by atoms with Gasteiger partial charge in [0.15, 0.2) is 5.76 Å². The zero-order chi connectivity index (χ0) is 18.1. The summed E-state index contributed by atoms with van der Waals surface area (Å²) in [5.74, 6) is -0.220. The maximum atomic E-state index is 12.0. The number of aromatic nitrogens is 1. The molecule has 0 aliphatic carbocycles. The number of hydrogen-bond acceptors (Lipinski definition) is 5. The van der Waals surface area contributed by atoms with E-state index in [2.05, 4.69) is 10.3 Å². The first-order chi connectivity index (χ1) is 12.1. The molecular weight excluding hydrogens is 346 g/mol. The van der Waals surface area contributed by atoms with Crippen LogP contribution >= 0.6 is 11.6 Å². The molecule has 2 rings (SSSR count). The Kier molecular flexibility index (Phi) is 7.43. The molecule has 0 bridgehead atoms. The van der Waals surface area contributed by atoms with Crippen molar-refractivity contribution in [3.63, 3.8) is 0 Å². The highest BCUT2D eigenvalue weighted by molar-refractivity contribution is 6.30. The largest absolute Gasteiger partial charge is 0.432 e. The minimum atomic E-state index is -0.381. The average Bonchev–Trinajstić information content (AvgIpc) is 3.11. The summed E-state index contributed by atoms with van der Waals surface area (Å²) in [5.41, 5.74) is 2.39. The Morgan fingerprint density at radius 2 is 1.84 bits per heavy atom. The lowest BCUT2D eigenvalue weighted by atomic mass is 10.1. The van der Waals surface area contributed by atoms with Gasteiger partial charge < -0.3 is 9.73 Å². The number of carbonyl (C=O) groups excluding carboxylic acids is 2. The van der Waals surface area contributed by atoms with Crippen molar-refractivity contribution >= 4 is 23.4 Å². The topological polar surface area (TPSA) is 104 Å². The van der Waals surface area contributed by atoms with Gasteiger partial charge in [0.1, 0.15) is 0 Å². The first-order valence-electron chi connectivity index (χ1n) is 8.03. The van der Waals surface area contributed by atoms with Crippen LogP contribution in [0.25, 0.3) is 11.3 Å². The summed E-state index contributed by atoms with van der Waals surface area (Å²) in [6.07, 6.45) is 5.02. The predicted octanol–water partition coefficient (Wildman–Crippen LogP) is 3.18. The van der Waals surface area contributed by atoms with Gasteiger partial charge in [0, 0.05) is 23.6 Å². The molecule has 0 aliphatic heterocycles. The van der Waals surface area contributed by atoms with Crippen molar-refractivity contribution in [2.24, 2.45) is 0 Å². The second kappa shape index (κ2) is 9.80. The van der Waals surface area contributed by atoms with Crippen LogP contribution in [0.1, 0.15) is 42.8 Å². The highest BCUT2D eigenvalue weighted by Crippen LogP contribution is 2.22. The van der Waals surface area contributed by atoms with Crippen molar-refractivity contribution < 1.29 is 19.2 Å². The Morgan fingerprint density at radius 3 is 2.56 bits per heavy atom. The fourth-order valence-electron chi connectivity index (χ4n) is 2.22. The highest BCUT2D eigenvalue weighted by Gasteiger charge is 2.13. The van der Waals surface area contributed by atoms with Crippen LogP contribution in [0.5, 0.6) is 0 Å². The summed E-state index contributed by atoms with van der Waals surface area (Å²) >= 11 is 5.84. The summed E-state index contributed by atoms with van der Waals surface area (Å²) in [5, 5.41) is 11.7. The summed E-state index contributed by atoms with van der Waals surface area (Å²) < 4.78 is 5.47. The van der Waals surface area contributed by atoms with E-state index in [1.54, 1.807) is 29.7 Å². The van der Waals surface area contributed by atoms with E-state index in [1.807, 2.05) is 0 Å². The molecule has 1 heterocycles. The summed E-state index contributed by atoms with van der Waals surface area (Å²) in [6, 6.07) is 7.07. The number of benzene rings is 1. The van der Waals surface area contributed by atoms with Gasteiger partial charge in [-0.05, 0) is 37.1 Å². The van der Waals surface area contributed by atoms with E-state index in [-0.39, 0.29) is 17.7 Å². The maximum absolute atomic E-state index is 12.0. The van der Waals surface area contributed by atoms with E-state index in [9.17, 15) is 9.59 Å². The van der Waals surface area contributed by atoms with Gasteiger partial charge in [-0.25, -0.2) is 10.5 Å². The third kappa shape index (κ3) is 6.21. The number of carbonyl (C=O) groups is 2. The number of hydroxylamine groups is 1. The summed E-state index contributed by atoms with van der Waals surface area (Å²) in [6.45, 7) is 0.504. The normalized spacial score (nSPS) is 10.5. The van der Waals surface area contributed by atoms with Crippen LogP contribution in [-0.2, 0) is 4.79 Å². The quantitative estimate of drug-likeness (QED) is 0.359. The Balaban J connectivity index is 1.69. The number of rotatable bonds is 9. The van der Waals surface area contributed by atoms with Crippen molar-refractivity contribution in [2.75, 3.05) is 6.54 Å². The SMILES string of the molecule is O=C(CCCCCCNC(=O)c1ncc(-c2ccc(Cl)cc2)o1)NO. The van der Waals surface area contributed by atoms with Crippen LogP contribution in [0.15, 0.2) is 34.9 Å². The minimum absolute atomic E-state index is 0.0181. The van der Waals surface area contributed by atoms with Gasteiger partial charge in [-0.15, -0.1) is 0 Å². The van der Waals surface area contributed by atoms with E-state index < -0.39 is 0 Å². The van der Waals surface area contributed by atoms with Crippen LogP contribution in [0.4, 0.5) is 0 Å². The molecule has 2 amide bonds. The van der Waals surface area contributed by atoms with Crippen molar-refractivity contribution in [2.45, 2.75) is 32.1 Å². The number of halogens is 1. The van der Waals surface area contributed by atoms with Gasteiger partial charge in [-0.1, -0.05) is 24.4 Å². The molecule has 3 N–H and O–H groups in total. The molecule has 7 nitrogen and oxygen atoms in total. The lowest BCUT2D eigenvalue weighted by molar-refractivity contribution is -0.129. The Morgan fingerprint density at radius 1 is 1.12 bits per heavy atom. The lowest BCUT2D eigenvalue weighted by Crippen LogP contribution is -2.24. The molecule has 8 heteroatoms. The molecule has 0 fully saturated rings. The number of hydrogen-bond donors (Lipinski definition) is 3. The van der Waals surface area contributed by atoms with Crippen LogP contribution in [0.3, 0.4) is 0 Å². The zero-order valence-corrected chi connectivity index (χ0v) is 14.4. The molecule has 1 aromatic carbocycles. The zero-order valence-electron chi connectivity index (χ0n) is 13.6. The number of unbranched alkanes of at least 4 members (excludes halogenated alkanes) is 3. The van der Waals surface area contributed by atoms with Gasteiger partial charge in [-0.2, -0.15) is 0 Å². The van der Waals surface area contributed by atoms with Crippen LogP contribution in [0, 0.1) is 0 Å². The number of amides is 2. The Bertz CT molecular complexity index is 700. The standard InChI is InChI=1S/C17H20ClN3O4/c18-13-8-6-12(7-9-13)14-11-20-17(25-14)16(23)19-10-4-2-1-3-5-15(22)21-24/h6-9,11,24H,1-5,10H2,(H,19,23)(H,21,22). The van der Waals surface area contributed by atoms with Crippen LogP contribution < -0.4 is 10.8 Å². The third-order valence-electron chi connectivity index (χ3n) is 3.57. The smallest absolute Gasteiger partial charge is 0.307 e. The minimum Gasteiger partial charge on any atom is -0.432 e. The molecule has 0 aliphatic rings. The van der Waals surface area contributed by atoms with E-state index in [0.29, 0.717) is 30.2 Å². The number of oxazole rings is 1. The molecule has 1 aromatic heterocycles. The van der Waals surface area contributed by atoms with Gasteiger partial charge in [0.05, 0.1) is 6.20 Å². The average molecular weight is 366 g/mol. The van der Waals surface area contributed by atoms with Gasteiger partial charge in [-0.3, -0.25) is 14.8 Å². The molecule has 0 unspecified atom stereocenters. The Hall–Kier alpha value is -2.38. The van der Waals surface area contributed by atoms with Crippen molar-refractivity contribution in [3.8, 4) is 11.3 Å². The third-order valence-corrected chi connectivity index (χ3v) is 3.82. The monoisotopic (exact) mass is 365 g/mol. The predicted molar refractivity (Wildman–Crippen MR) is 92.3 cm³/mol. The highest BCUT2D eigenvalue weighted by atomic mass is 35.5. The van der Waals surface area contributed by atoms with E-state index in [1.165, 1.54) is 6.20 Å². The molecule has 0 atom stereocenters. The van der Waals surface area contributed by atoms with E-state index in [4.69, 9.17) is 21.2 Å².